The first-order valence-corrected chi connectivity index (χ1v) is 10.1. The standard InChI is InChI=1S/C28H19NO/c29-27-23-15-7-3-11-19(23)17-9-1-5-13-21(17)25(27)26-22-14-6-2-10-18(22)20-12-4-8-16-24(20)28(26)30/h1-16,30H,29H2. The summed E-state index contributed by atoms with van der Waals surface area (Å²) in [4.78, 5) is 0. The van der Waals surface area contributed by atoms with Gasteiger partial charge in [0.15, 0.2) is 0 Å². The molecule has 0 aliphatic rings. The average Bonchev–Trinajstić information content (AvgIpc) is 2.81. The van der Waals surface area contributed by atoms with E-state index < -0.39 is 0 Å². The van der Waals surface area contributed by atoms with E-state index in [0.717, 1.165) is 54.2 Å². The fraction of sp³-hybridized carbons (Fsp3) is 0. The number of rotatable bonds is 1. The first-order valence-electron chi connectivity index (χ1n) is 10.1. The van der Waals surface area contributed by atoms with Crippen molar-refractivity contribution in [2.45, 2.75) is 0 Å². The normalized spacial score (nSPS) is 11.6. The lowest BCUT2D eigenvalue weighted by atomic mass is 9.86. The van der Waals surface area contributed by atoms with Gasteiger partial charge in [-0.3, -0.25) is 0 Å². The molecular weight excluding hydrogens is 366 g/mol. The van der Waals surface area contributed by atoms with Crippen LogP contribution in [-0.4, -0.2) is 5.11 Å². The molecule has 0 spiro atoms. The van der Waals surface area contributed by atoms with Crippen LogP contribution in [-0.2, 0) is 0 Å². The Hall–Kier alpha value is -4.04. The summed E-state index contributed by atoms with van der Waals surface area (Å²) in [5.41, 5.74) is 9.19. The molecule has 2 heteroatoms. The summed E-state index contributed by atoms with van der Waals surface area (Å²) >= 11 is 0. The zero-order valence-electron chi connectivity index (χ0n) is 16.3. The van der Waals surface area contributed by atoms with Gasteiger partial charge in [-0.1, -0.05) is 97.1 Å². The summed E-state index contributed by atoms with van der Waals surface area (Å²) < 4.78 is 0. The molecular formula is C28H19NO. The Morgan fingerprint density at radius 2 is 0.733 bits per heavy atom. The smallest absolute Gasteiger partial charge is 0.131 e. The van der Waals surface area contributed by atoms with Crippen LogP contribution in [0.2, 0.25) is 0 Å². The third kappa shape index (κ3) is 2.19. The van der Waals surface area contributed by atoms with E-state index in [4.69, 9.17) is 5.73 Å². The van der Waals surface area contributed by atoms with E-state index in [1.165, 1.54) is 0 Å². The van der Waals surface area contributed by atoms with Gasteiger partial charge >= 0.3 is 0 Å². The number of fused-ring (bicyclic) bond motifs is 6. The van der Waals surface area contributed by atoms with Gasteiger partial charge in [0.2, 0.25) is 0 Å². The fourth-order valence-corrected chi connectivity index (χ4v) is 4.81. The van der Waals surface area contributed by atoms with Crippen molar-refractivity contribution >= 4 is 48.8 Å². The first kappa shape index (κ1) is 16.9. The highest BCUT2D eigenvalue weighted by Crippen LogP contribution is 2.49. The molecule has 2 nitrogen and oxygen atoms in total. The molecule has 0 heterocycles. The van der Waals surface area contributed by atoms with Gasteiger partial charge in [-0.05, 0) is 32.3 Å². The first-order chi connectivity index (χ1) is 14.8. The molecule has 6 aromatic rings. The van der Waals surface area contributed by atoms with Crippen LogP contribution in [0, 0.1) is 0 Å². The fourth-order valence-electron chi connectivity index (χ4n) is 4.81. The molecule has 30 heavy (non-hydrogen) atoms. The van der Waals surface area contributed by atoms with E-state index in [-0.39, 0.29) is 5.75 Å². The number of nitrogens with two attached hydrogens (primary N) is 1. The summed E-state index contributed by atoms with van der Waals surface area (Å²) in [6.45, 7) is 0. The Morgan fingerprint density at radius 3 is 1.27 bits per heavy atom. The Kier molecular flexibility index (Phi) is 3.50. The summed E-state index contributed by atoms with van der Waals surface area (Å²) in [6, 6.07) is 32.7. The van der Waals surface area contributed by atoms with E-state index in [2.05, 4.69) is 42.5 Å². The molecule has 0 atom stereocenters. The molecule has 0 fully saturated rings. The minimum Gasteiger partial charge on any atom is -0.507 e. The summed E-state index contributed by atoms with van der Waals surface area (Å²) in [5.74, 6) is 0.274. The number of benzene rings is 6. The number of hydrogen-bond acceptors (Lipinski definition) is 2. The minimum atomic E-state index is 0.274. The van der Waals surface area contributed by atoms with Crippen molar-refractivity contribution in [2.75, 3.05) is 5.73 Å². The van der Waals surface area contributed by atoms with Crippen molar-refractivity contribution in [3.63, 3.8) is 0 Å². The second-order valence-corrected chi connectivity index (χ2v) is 7.69. The van der Waals surface area contributed by atoms with Crippen LogP contribution >= 0.6 is 0 Å². The van der Waals surface area contributed by atoms with Gasteiger partial charge in [0.25, 0.3) is 0 Å². The van der Waals surface area contributed by atoms with Crippen LogP contribution in [0.4, 0.5) is 5.69 Å². The molecule has 0 aromatic heterocycles. The van der Waals surface area contributed by atoms with Crippen LogP contribution < -0.4 is 5.73 Å². The Labute approximate surface area is 173 Å². The lowest BCUT2D eigenvalue weighted by molar-refractivity contribution is 0.484. The molecule has 6 rings (SSSR count). The molecule has 0 aliphatic heterocycles. The second-order valence-electron chi connectivity index (χ2n) is 7.69. The molecule has 0 saturated heterocycles. The van der Waals surface area contributed by atoms with Crippen LogP contribution in [0.15, 0.2) is 97.1 Å². The SMILES string of the molecule is Nc1c(-c2c(O)c3ccccc3c3ccccc23)c2ccccc2c2ccccc12. The van der Waals surface area contributed by atoms with Gasteiger partial charge in [0, 0.05) is 27.6 Å². The highest BCUT2D eigenvalue weighted by Gasteiger charge is 2.21. The minimum absolute atomic E-state index is 0.274. The summed E-state index contributed by atoms with van der Waals surface area (Å²) in [5, 5.41) is 19.8. The summed E-state index contributed by atoms with van der Waals surface area (Å²) in [6.07, 6.45) is 0. The third-order valence-corrected chi connectivity index (χ3v) is 6.13. The van der Waals surface area contributed by atoms with Crippen molar-refractivity contribution in [1.82, 2.24) is 0 Å². The zero-order valence-corrected chi connectivity index (χ0v) is 16.3. The van der Waals surface area contributed by atoms with Crippen LogP contribution in [0.5, 0.6) is 5.75 Å². The van der Waals surface area contributed by atoms with E-state index in [1.807, 2.05) is 54.6 Å². The molecule has 142 valence electrons. The number of phenols is 1. The van der Waals surface area contributed by atoms with Crippen molar-refractivity contribution in [3.8, 4) is 16.9 Å². The highest BCUT2D eigenvalue weighted by atomic mass is 16.3. The summed E-state index contributed by atoms with van der Waals surface area (Å²) in [7, 11) is 0. The molecule has 0 bridgehead atoms. The second kappa shape index (κ2) is 6.23. The number of hydrogen-bond donors (Lipinski definition) is 2. The number of phenolic OH excluding ortho intramolecular Hbond substituents is 1. The van der Waals surface area contributed by atoms with E-state index >= 15 is 0 Å². The Bertz CT molecular complexity index is 1490. The zero-order chi connectivity index (χ0) is 20.2. The molecule has 0 saturated carbocycles. The predicted molar refractivity (Wildman–Crippen MR) is 128 cm³/mol. The highest BCUT2D eigenvalue weighted by molar-refractivity contribution is 6.26. The van der Waals surface area contributed by atoms with Crippen molar-refractivity contribution in [2.24, 2.45) is 0 Å². The van der Waals surface area contributed by atoms with Gasteiger partial charge in [0.05, 0.1) is 0 Å². The molecule has 0 aliphatic carbocycles. The molecule has 3 N–H and O–H groups in total. The van der Waals surface area contributed by atoms with E-state index in [0.29, 0.717) is 5.69 Å². The lowest BCUT2D eigenvalue weighted by Gasteiger charge is -2.19. The van der Waals surface area contributed by atoms with Gasteiger partial charge in [-0.25, -0.2) is 0 Å². The Balaban J connectivity index is 1.92. The number of nitrogen functional groups attached to an aromatic ring is 1. The molecule has 0 amide bonds. The van der Waals surface area contributed by atoms with Gasteiger partial charge in [0.1, 0.15) is 5.75 Å². The maximum absolute atomic E-state index is 11.5. The van der Waals surface area contributed by atoms with Crippen molar-refractivity contribution in [1.29, 1.82) is 0 Å². The van der Waals surface area contributed by atoms with E-state index in [1.54, 1.807) is 0 Å². The monoisotopic (exact) mass is 385 g/mol. The lowest BCUT2D eigenvalue weighted by Crippen LogP contribution is -1.96. The van der Waals surface area contributed by atoms with E-state index in [9.17, 15) is 5.11 Å². The van der Waals surface area contributed by atoms with Gasteiger partial charge in [-0.15, -0.1) is 0 Å². The van der Waals surface area contributed by atoms with Crippen LogP contribution in [0.3, 0.4) is 0 Å². The molecule has 6 aromatic carbocycles. The number of anilines is 1. The molecule has 0 radical (unpaired) electrons. The van der Waals surface area contributed by atoms with Crippen LogP contribution in [0.25, 0.3) is 54.2 Å². The van der Waals surface area contributed by atoms with Crippen molar-refractivity contribution in [3.05, 3.63) is 97.1 Å². The topological polar surface area (TPSA) is 46.2 Å². The van der Waals surface area contributed by atoms with Gasteiger partial charge in [-0.2, -0.15) is 0 Å². The van der Waals surface area contributed by atoms with Crippen molar-refractivity contribution < 1.29 is 5.11 Å². The average molecular weight is 385 g/mol. The molecule has 0 unspecified atom stereocenters. The Morgan fingerprint density at radius 1 is 0.400 bits per heavy atom. The largest absolute Gasteiger partial charge is 0.507 e. The maximum atomic E-state index is 11.5. The van der Waals surface area contributed by atoms with Gasteiger partial charge < -0.3 is 10.8 Å². The quantitative estimate of drug-likeness (QED) is 0.231. The predicted octanol–water partition coefficient (Wildman–Crippen LogP) is 7.25. The number of aromatic hydroxyl groups is 1. The third-order valence-electron chi connectivity index (χ3n) is 6.13. The van der Waals surface area contributed by atoms with Crippen LogP contribution in [0.1, 0.15) is 0 Å². The maximum Gasteiger partial charge on any atom is 0.131 e.